The highest BCUT2D eigenvalue weighted by Crippen LogP contribution is 2.34. The second-order valence-corrected chi connectivity index (χ2v) is 13.3. The molecule has 0 aromatic heterocycles. The lowest BCUT2D eigenvalue weighted by Crippen LogP contribution is -2.71. The molecule has 4 rings (SSSR count). The van der Waals surface area contributed by atoms with Gasteiger partial charge in [0, 0.05) is 20.8 Å². The molecular formula is C30H51N3O20. The van der Waals surface area contributed by atoms with Crippen molar-refractivity contribution >= 4 is 17.7 Å². The Morgan fingerprint density at radius 3 is 1.40 bits per heavy atom. The van der Waals surface area contributed by atoms with Gasteiger partial charge in [-0.3, -0.25) is 14.4 Å². The molecular weight excluding hydrogens is 722 g/mol. The van der Waals surface area contributed by atoms with Crippen LogP contribution in [-0.4, -0.2) is 211 Å². The second-order valence-electron chi connectivity index (χ2n) is 13.3. The quantitative estimate of drug-likeness (QED) is 0.0875. The molecule has 4 aliphatic heterocycles. The second kappa shape index (κ2) is 18.6. The van der Waals surface area contributed by atoms with Crippen LogP contribution in [0.3, 0.4) is 0 Å². The van der Waals surface area contributed by atoms with Gasteiger partial charge in [-0.25, -0.2) is 0 Å². The smallest absolute Gasteiger partial charge is 0.217 e. The highest BCUT2D eigenvalue weighted by atomic mass is 16.7. The van der Waals surface area contributed by atoms with Gasteiger partial charge in [-0.2, -0.15) is 0 Å². The molecule has 0 radical (unpaired) electrons. The Balaban J connectivity index is 1.69. The van der Waals surface area contributed by atoms with Crippen molar-refractivity contribution in [3.63, 3.8) is 0 Å². The third-order valence-electron chi connectivity index (χ3n) is 9.37. The van der Waals surface area contributed by atoms with Crippen molar-refractivity contribution in [2.24, 2.45) is 0 Å². The zero-order valence-corrected chi connectivity index (χ0v) is 29.2. The van der Waals surface area contributed by atoms with Gasteiger partial charge in [-0.1, -0.05) is 0 Å². The van der Waals surface area contributed by atoms with Crippen LogP contribution >= 0.6 is 0 Å². The van der Waals surface area contributed by atoms with E-state index in [0.717, 1.165) is 20.8 Å². The van der Waals surface area contributed by atoms with Gasteiger partial charge in [0.15, 0.2) is 25.2 Å². The summed E-state index contributed by atoms with van der Waals surface area (Å²) in [5, 5.41) is 112. The van der Waals surface area contributed by atoms with Crippen molar-refractivity contribution in [3.8, 4) is 0 Å². The number of aliphatic hydroxyl groups is 10. The number of rotatable bonds is 12. The lowest BCUT2D eigenvalue weighted by atomic mass is 9.93. The first kappa shape index (κ1) is 43.5. The molecule has 0 spiro atoms. The number of amides is 3. The maximum atomic E-state index is 12.5. The van der Waals surface area contributed by atoms with Crippen molar-refractivity contribution in [1.29, 1.82) is 0 Å². The van der Waals surface area contributed by atoms with Crippen LogP contribution in [0.4, 0.5) is 0 Å². The Morgan fingerprint density at radius 2 is 0.906 bits per heavy atom. The molecule has 0 saturated carbocycles. The third kappa shape index (κ3) is 9.76. The van der Waals surface area contributed by atoms with Crippen LogP contribution in [-0.2, 0) is 47.5 Å². The Kier molecular flexibility index (Phi) is 15.2. The first-order valence-corrected chi connectivity index (χ1v) is 16.9. The van der Waals surface area contributed by atoms with Crippen LogP contribution in [0.25, 0.3) is 0 Å². The molecule has 23 nitrogen and oxygen atoms in total. The fraction of sp³-hybridized carbons (Fsp3) is 0.900. The summed E-state index contributed by atoms with van der Waals surface area (Å²) in [4.78, 5) is 37.0. The Bertz CT molecular complexity index is 1240. The molecule has 306 valence electrons. The first-order chi connectivity index (χ1) is 24.9. The fourth-order valence-electron chi connectivity index (χ4n) is 6.70. The average molecular weight is 774 g/mol. The van der Waals surface area contributed by atoms with Gasteiger partial charge in [0.2, 0.25) is 17.7 Å². The van der Waals surface area contributed by atoms with Crippen molar-refractivity contribution < 1.29 is 98.6 Å². The minimum Gasteiger partial charge on any atom is -0.394 e. The number of aliphatic hydroxyl groups excluding tert-OH is 10. The van der Waals surface area contributed by atoms with Gasteiger partial charge in [0.25, 0.3) is 0 Å². The zero-order chi connectivity index (χ0) is 39.5. The van der Waals surface area contributed by atoms with E-state index in [2.05, 4.69) is 16.0 Å². The molecule has 4 fully saturated rings. The summed E-state index contributed by atoms with van der Waals surface area (Å²) in [5.41, 5.74) is 0. The largest absolute Gasteiger partial charge is 0.394 e. The SMILES string of the molecule is CC(=O)N[C@@H]1[C@H](O[C@@H]2[C@H](O)[C@H](C)O[C@@H](O[C@H]3[C@@H](O)[C@@H](CO)O[C@H](O[C@@H]4[C@H](O)[C@@H](O)[C@@H](O)O[C@@H]4CO)[C@@H]3NC(C)=O)[C@H]2NC(C)=O)O[C@H](CO)[C@@H](O)[C@@H]1O. The molecule has 0 bridgehead atoms. The van der Waals surface area contributed by atoms with E-state index in [1.807, 2.05) is 0 Å². The van der Waals surface area contributed by atoms with E-state index in [1.165, 1.54) is 6.92 Å². The lowest BCUT2D eigenvalue weighted by molar-refractivity contribution is -0.361. The summed E-state index contributed by atoms with van der Waals surface area (Å²) in [6.07, 6.45) is -28.0. The predicted octanol–water partition coefficient (Wildman–Crippen LogP) is -8.29. The summed E-state index contributed by atoms with van der Waals surface area (Å²) in [6, 6.07) is -4.52. The summed E-state index contributed by atoms with van der Waals surface area (Å²) < 4.78 is 40.6. The van der Waals surface area contributed by atoms with E-state index >= 15 is 0 Å². The third-order valence-corrected chi connectivity index (χ3v) is 9.37. The van der Waals surface area contributed by atoms with Crippen molar-refractivity contribution in [2.75, 3.05) is 19.8 Å². The van der Waals surface area contributed by atoms with Crippen LogP contribution in [0, 0.1) is 0 Å². The van der Waals surface area contributed by atoms with Gasteiger partial charge in [-0.05, 0) is 6.92 Å². The highest BCUT2D eigenvalue weighted by Gasteiger charge is 2.56. The number of ether oxygens (including phenoxy) is 7. The molecule has 20 atom stereocenters. The highest BCUT2D eigenvalue weighted by molar-refractivity contribution is 5.74. The molecule has 0 aliphatic carbocycles. The Hall–Kier alpha value is -2.27. The topological polar surface area (TPSA) is 354 Å². The molecule has 0 unspecified atom stereocenters. The normalized spacial score (nSPS) is 46.3. The van der Waals surface area contributed by atoms with Crippen LogP contribution in [0.15, 0.2) is 0 Å². The Labute approximate surface area is 302 Å². The van der Waals surface area contributed by atoms with Crippen molar-refractivity contribution in [2.45, 2.75) is 150 Å². The molecule has 0 aromatic carbocycles. The van der Waals surface area contributed by atoms with E-state index in [1.54, 1.807) is 0 Å². The monoisotopic (exact) mass is 773 g/mol. The van der Waals surface area contributed by atoms with E-state index in [0.29, 0.717) is 0 Å². The standard InChI is InChI=1S/C30H51N3O20/c1-8-18(40)25(52-28-15(31-9(2)37)21(43)19(41)12(5-34)49-28)16(32-10(3)38)29(47-8)53-26-17(33-11(4)39)30(50-13(6-35)20(26)42)51-24-14(7-36)48-27(46)23(45)22(24)44/h8,12-30,34-36,40-46H,5-7H2,1-4H3,(H,31,37)(H,32,38)(H,33,39)/t8-,12+,13+,14+,15-,16-,17+,18+,19+,20-,21+,22+,23+,24-,25-,26+,27-,28-,29-,30+/m0/s1. The van der Waals surface area contributed by atoms with Crippen LogP contribution in [0.1, 0.15) is 27.7 Å². The van der Waals surface area contributed by atoms with Gasteiger partial charge < -0.3 is 100 Å². The maximum absolute atomic E-state index is 12.5. The molecule has 3 amide bonds. The maximum Gasteiger partial charge on any atom is 0.217 e. The number of carbonyl (C=O) groups is 3. The Morgan fingerprint density at radius 1 is 0.491 bits per heavy atom. The average Bonchev–Trinajstić information content (AvgIpc) is 3.09. The summed E-state index contributed by atoms with van der Waals surface area (Å²) in [5.74, 6) is -2.11. The molecule has 53 heavy (non-hydrogen) atoms. The molecule has 4 heterocycles. The zero-order valence-electron chi connectivity index (χ0n) is 29.2. The van der Waals surface area contributed by atoms with E-state index < -0.39 is 160 Å². The lowest BCUT2D eigenvalue weighted by Gasteiger charge is -2.51. The van der Waals surface area contributed by atoms with Gasteiger partial charge >= 0.3 is 0 Å². The minimum atomic E-state index is -1.91. The molecule has 23 heteroatoms. The van der Waals surface area contributed by atoms with Gasteiger partial charge in [0.05, 0.1) is 25.9 Å². The molecule has 4 aliphatic rings. The van der Waals surface area contributed by atoms with Gasteiger partial charge in [0.1, 0.15) is 91.4 Å². The predicted molar refractivity (Wildman–Crippen MR) is 167 cm³/mol. The number of hydrogen-bond acceptors (Lipinski definition) is 20. The van der Waals surface area contributed by atoms with Crippen LogP contribution in [0.2, 0.25) is 0 Å². The fourth-order valence-corrected chi connectivity index (χ4v) is 6.70. The first-order valence-electron chi connectivity index (χ1n) is 16.9. The number of hydrogen-bond donors (Lipinski definition) is 13. The minimum absolute atomic E-state index is 0.669. The van der Waals surface area contributed by atoms with Crippen molar-refractivity contribution in [3.05, 3.63) is 0 Å². The van der Waals surface area contributed by atoms with E-state index in [9.17, 15) is 65.4 Å². The number of carbonyl (C=O) groups excluding carboxylic acids is 3. The van der Waals surface area contributed by atoms with Crippen molar-refractivity contribution in [1.82, 2.24) is 16.0 Å². The van der Waals surface area contributed by atoms with Gasteiger partial charge in [-0.15, -0.1) is 0 Å². The molecule has 4 saturated heterocycles. The molecule has 13 N–H and O–H groups in total. The molecule has 0 aromatic rings. The summed E-state index contributed by atoms with van der Waals surface area (Å²) in [7, 11) is 0. The summed E-state index contributed by atoms with van der Waals surface area (Å²) in [6.45, 7) is 2.21. The van der Waals surface area contributed by atoms with Crippen LogP contribution < -0.4 is 16.0 Å². The van der Waals surface area contributed by atoms with E-state index in [-0.39, 0.29) is 0 Å². The number of nitrogens with one attached hydrogen (secondary N) is 3. The van der Waals surface area contributed by atoms with E-state index in [4.69, 9.17) is 33.2 Å². The summed E-state index contributed by atoms with van der Waals surface area (Å²) >= 11 is 0. The van der Waals surface area contributed by atoms with Crippen LogP contribution in [0.5, 0.6) is 0 Å².